The Bertz CT molecular complexity index is 1100. The lowest BCUT2D eigenvalue weighted by Crippen LogP contribution is -2.49. The highest BCUT2D eigenvalue weighted by atomic mass is 35.5. The van der Waals surface area contributed by atoms with Crippen molar-refractivity contribution in [3.8, 4) is 5.75 Å². The fraction of sp³-hybridized carbons (Fsp3) is 0.480. The summed E-state index contributed by atoms with van der Waals surface area (Å²) in [6.45, 7) is 4.80. The zero-order valence-electron chi connectivity index (χ0n) is 19.1. The van der Waals surface area contributed by atoms with Crippen LogP contribution in [0.4, 0.5) is 0 Å². The molecule has 2 heterocycles. The number of hydrogen-bond donors (Lipinski definition) is 1. The Balaban J connectivity index is 1.51. The van der Waals surface area contributed by atoms with Crippen LogP contribution < -0.4 is 10.1 Å². The van der Waals surface area contributed by atoms with E-state index in [1.807, 2.05) is 24.3 Å². The van der Waals surface area contributed by atoms with E-state index in [1.165, 1.54) is 16.4 Å². The van der Waals surface area contributed by atoms with Crippen LogP contribution in [0.15, 0.2) is 53.4 Å². The van der Waals surface area contributed by atoms with Crippen molar-refractivity contribution in [3.05, 3.63) is 59.1 Å². The lowest BCUT2D eigenvalue weighted by molar-refractivity contribution is -0.127. The molecule has 0 aliphatic carbocycles. The monoisotopic (exact) mass is 490 g/mol. The molecule has 178 valence electrons. The first-order chi connectivity index (χ1) is 15.8. The molecule has 0 unspecified atom stereocenters. The largest absolute Gasteiger partial charge is 0.487 e. The van der Waals surface area contributed by atoms with Crippen LogP contribution >= 0.6 is 11.6 Å². The summed E-state index contributed by atoms with van der Waals surface area (Å²) in [7, 11) is -3.68. The molecule has 1 amide bonds. The number of sulfonamides is 1. The summed E-state index contributed by atoms with van der Waals surface area (Å²) >= 11 is 5.91. The first-order valence-electron chi connectivity index (χ1n) is 11.6. The second-order valence-electron chi connectivity index (χ2n) is 8.95. The molecule has 4 rings (SSSR count). The minimum absolute atomic E-state index is 0.103. The molecule has 1 N–H and O–H groups in total. The summed E-state index contributed by atoms with van der Waals surface area (Å²) in [6, 6.07) is 13.8. The lowest BCUT2D eigenvalue weighted by Gasteiger charge is -2.42. The fourth-order valence-electron chi connectivity index (χ4n) is 4.85. The topological polar surface area (TPSA) is 75.7 Å². The zero-order valence-corrected chi connectivity index (χ0v) is 20.7. The number of ether oxygens (including phenoxy) is 1. The van der Waals surface area contributed by atoms with Gasteiger partial charge in [0.05, 0.1) is 16.9 Å². The van der Waals surface area contributed by atoms with Gasteiger partial charge in [0.1, 0.15) is 11.4 Å². The van der Waals surface area contributed by atoms with Crippen LogP contribution in [-0.4, -0.2) is 37.3 Å². The van der Waals surface area contributed by atoms with E-state index in [1.54, 1.807) is 12.1 Å². The van der Waals surface area contributed by atoms with Crippen LogP contribution in [0.3, 0.4) is 0 Å². The Morgan fingerprint density at radius 2 is 1.85 bits per heavy atom. The quantitative estimate of drug-likeness (QED) is 0.622. The van der Waals surface area contributed by atoms with Gasteiger partial charge >= 0.3 is 0 Å². The molecule has 2 atom stereocenters. The molecule has 0 saturated carbocycles. The van der Waals surface area contributed by atoms with E-state index in [-0.39, 0.29) is 29.0 Å². The number of para-hydroxylation sites is 1. The Kier molecular flexibility index (Phi) is 7.03. The predicted octanol–water partition coefficient (Wildman–Crippen LogP) is 4.94. The normalized spacial score (nSPS) is 22.8. The lowest BCUT2D eigenvalue weighted by atomic mass is 9.83. The molecule has 8 heteroatoms. The first-order valence-corrected chi connectivity index (χ1v) is 13.4. The maximum absolute atomic E-state index is 13.3. The van der Waals surface area contributed by atoms with Gasteiger partial charge in [-0.3, -0.25) is 4.79 Å². The Morgan fingerprint density at radius 3 is 2.55 bits per heavy atom. The number of rotatable bonds is 6. The van der Waals surface area contributed by atoms with Crippen molar-refractivity contribution in [2.24, 2.45) is 5.92 Å². The van der Waals surface area contributed by atoms with Gasteiger partial charge in [0.15, 0.2) is 0 Å². The molecular formula is C25H31ClN2O4S. The summed E-state index contributed by atoms with van der Waals surface area (Å²) in [5, 5.41) is 3.71. The van der Waals surface area contributed by atoms with Crippen LogP contribution in [0, 0.1) is 5.92 Å². The minimum atomic E-state index is -3.68. The number of carbonyl (C=O) groups is 1. The third-order valence-electron chi connectivity index (χ3n) is 7.01. The summed E-state index contributed by atoms with van der Waals surface area (Å²) in [5.41, 5.74) is 0.660. The molecule has 33 heavy (non-hydrogen) atoms. The number of fused-ring (bicyclic) bond motifs is 1. The number of piperidine rings is 1. The Hall–Kier alpha value is -2.09. The maximum atomic E-state index is 13.3. The molecule has 0 spiro atoms. The smallest absolute Gasteiger partial charge is 0.243 e. The van der Waals surface area contributed by atoms with Gasteiger partial charge in [0, 0.05) is 30.1 Å². The first kappa shape index (κ1) is 24.0. The number of benzene rings is 2. The van der Waals surface area contributed by atoms with E-state index in [0.29, 0.717) is 30.8 Å². The summed E-state index contributed by atoms with van der Waals surface area (Å²) in [5.74, 6) is 0.315. The zero-order chi connectivity index (χ0) is 23.6. The van der Waals surface area contributed by atoms with Crippen LogP contribution in [0.25, 0.3) is 0 Å². The highest BCUT2D eigenvalue weighted by molar-refractivity contribution is 7.89. The van der Waals surface area contributed by atoms with E-state index in [4.69, 9.17) is 16.3 Å². The number of carbonyl (C=O) groups excluding carboxylic acids is 1. The molecule has 1 saturated heterocycles. The van der Waals surface area contributed by atoms with Gasteiger partial charge in [-0.25, -0.2) is 8.42 Å². The van der Waals surface area contributed by atoms with Crippen molar-refractivity contribution in [2.75, 3.05) is 13.1 Å². The van der Waals surface area contributed by atoms with Crippen molar-refractivity contribution in [1.82, 2.24) is 9.62 Å². The molecule has 2 aromatic rings. The number of nitrogens with one attached hydrogen (secondary N) is 1. The number of amides is 1. The Labute approximate surface area is 201 Å². The average molecular weight is 491 g/mol. The van der Waals surface area contributed by atoms with E-state index >= 15 is 0 Å². The van der Waals surface area contributed by atoms with Gasteiger partial charge in [-0.1, -0.05) is 43.6 Å². The van der Waals surface area contributed by atoms with Crippen LogP contribution in [0.1, 0.15) is 57.6 Å². The SMILES string of the molecule is CCC1(CC)C[C@H](NC(=O)[C@H]2CCCN(S(=O)(=O)c3ccc(Cl)cc3)C2)c2ccccc2O1. The molecule has 2 aliphatic heterocycles. The summed E-state index contributed by atoms with van der Waals surface area (Å²) in [4.78, 5) is 13.5. The molecule has 0 aromatic heterocycles. The summed E-state index contributed by atoms with van der Waals surface area (Å²) < 4.78 is 34.0. The van der Waals surface area contributed by atoms with Gasteiger partial charge in [-0.2, -0.15) is 4.31 Å². The number of halogens is 1. The highest BCUT2D eigenvalue weighted by Gasteiger charge is 2.40. The third kappa shape index (κ3) is 4.91. The van der Waals surface area contributed by atoms with Gasteiger partial charge in [0.25, 0.3) is 0 Å². The number of nitrogens with zero attached hydrogens (tertiary/aromatic N) is 1. The predicted molar refractivity (Wildman–Crippen MR) is 129 cm³/mol. The maximum Gasteiger partial charge on any atom is 0.243 e. The molecule has 0 radical (unpaired) electrons. The van der Waals surface area contributed by atoms with Crippen molar-refractivity contribution in [3.63, 3.8) is 0 Å². The van der Waals surface area contributed by atoms with E-state index < -0.39 is 15.9 Å². The summed E-state index contributed by atoms with van der Waals surface area (Å²) in [6.07, 6.45) is 3.70. The molecule has 1 fully saturated rings. The standard InChI is InChI=1S/C25H31ClN2O4S/c1-3-25(4-2)16-22(21-9-5-6-10-23(21)32-25)27-24(29)18-8-7-15-28(17-18)33(30,31)20-13-11-19(26)12-14-20/h5-6,9-14,18,22H,3-4,7-8,15-17H2,1-2H3,(H,27,29)/t18-,22-/m0/s1. The molecule has 0 bridgehead atoms. The van der Waals surface area contributed by atoms with Crippen molar-refractivity contribution < 1.29 is 17.9 Å². The molecular weight excluding hydrogens is 460 g/mol. The van der Waals surface area contributed by atoms with Crippen LogP contribution in [0.5, 0.6) is 5.75 Å². The minimum Gasteiger partial charge on any atom is -0.487 e. The van der Waals surface area contributed by atoms with Gasteiger partial charge in [0.2, 0.25) is 15.9 Å². The third-order valence-corrected chi connectivity index (χ3v) is 9.14. The van der Waals surface area contributed by atoms with Gasteiger partial charge < -0.3 is 10.1 Å². The second-order valence-corrected chi connectivity index (χ2v) is 11.3. The second kappa shape index (κ2) is 9.65. The fourth-order valence-corrected chi connectivity index (χ4v) is 6.50. The van der Waals surface area contributed by atoms with Crippen LogP contribution in [-0.2, 0) is 14.8 Å². The van der Waals surface area contributed by atoms with E-state index in [0.717, 1.165) is 24.2 Å². The van der Waals surface area contributed by atoms with E-state index in [9.17, 15) is 13.2 Å². The molecule has 2 aromatic carbocycles. The molecule has 2 aliphatic rings. The van der Waals surface area contributed by atoms with Crippen molar-refractivity contribution in [2.45, 2.75) is 62.5 Å². The van der Waals surface area contributed by atoms with Gasteiger partial charge in [-0.15, -0.1) is 0 Å². The van der Waals surface area contributed by atoms with Crippen molar-refractivity contribution >= 4 is 27.5 Å². The van der Waals surface area contributed by atoms with Crippen molar-refractivity contribution in [1.29, 1.82) is 0 Å². The number of hydrogen-bond acceptors (Lipinski definition) is 4. The Morgan fingerprint density at radius 1 is 1.15 bits per heavy atom. The highest BCUT2D eigenvalue weighted by Crippen LogP contribution is 2.42. The van der Waals surface area contributed by atoms with Gasteiger partial charge in [-0.05, 0) is 56.0 Å². The molecule has 6 nitrogen and oxygen atoms in total. The van der Waals surface area contributed by atoms with Crippen LogP contribution in [0.2, 0.25) is 5.02 Å². The average Bonchev–Trinajstić information content (AvgIpc) is 2.84. The van der Waals surface area contributed by atoms with E-state index in [2.05, 4.69) is 19.2 Å².